The fourth-order valence-corrected chi connectivity index (χ4v) is 1.80. The Hall–Kier alpha value is -0.800. The summed E-state index contributed by atoms with van der Waals surface area (Å²) >= 11 is 0. The van der Waals surface area contributed by atoms with E-state index in [2.05, 4.69) is 0 Å². The van der Waals surface area contributed by atoms with Gasteiger partial charge in [0.05, 0.1) is 6.67 Å². The van der Waals surface area contributed by atoms with Crippen molar-refractivity contribution in [3.8, 4) is 5.75 Å². The minimum atomic E-state index is -0.416. The van der Waals surface area contributed by atoms with Crippen LogP contribution in [0.4, 0.5) is 4.39 Å². The topological polar surface area (TPSA) is 46.2 Å². The largest absolute Gasteiger partial charge is 0.508 e. The molecular weight excluding hydrogens is 217 g/mol. The van der Waals surface area contributed by atoms with Gasteiger partial charge in [-0.25, -0.2) is 0 Å². The van der Waals surface area contributed by atoms with E-state index in [4.69, 9.17) is 5.73 Å². The van der Waals surface area contributed by atoms with Crippen LogP contribution in [0.25, 0.3) is 0 Å². The summed E-state index contributed by atoms with van der Waals surface area (Å²) in [5.41, 5.74) is 8.62. The molecule has 0 saturated heterocycles. The minimum absolute atomic E-state index is 0. The average Bonchev–Trinajstić information content (AvgIpc) is 2.01. The van der Waals surface area contributed by atoms with Gasteiger partial charge in [-0.2, -0.15) is 0 Å². The molecule has 1 aromatic carbocycles. The normalized spacial score (nSPS) is 12.0. The number of phenols is 1. The van der Waals surface area contributed by atoms with Gasteiger partial charge in [-0.05, 0) is 49.1 Å². The lowest BCUT2D eigenvalue weighted by Gasteiger charge is -2.16. The third kappa shape index (κ3) is 3.36. The summed E-state index contributed by atoms with van der Waals surface area (Å²) < 4.78 is 12.1. The first-order valence-electron chi connectivity index (χ1n) is 4.68. The van der Waals surface area contributed by atoms with E-state index in [0.29, 0.717) is 6.42 Å². The van der Waals surface area contributed by atoms with Gasteiger partial charge in [-0.3, -0.25) is 4.39 Å². The highest BCUT2D eigenvalue weighted by molar-refractivity contribution is 5.85. The van der Waals surface area contributed by atoms with Gasteiger partial charge >= 0.3 is 0 Å². The van der Waals surface area contributed by atoms with Gasteiger partial charge in [0.15, 0.2) is 0 Å². The second-order valence-electron chi connectivity index (χ2n) is 3.58. The maximum Gasteiger partial charge on any atom is 0.116 e. The molecule has 0 heterocycles. The van der Waals surface area contributed by atoms with Crippen LogP contribution in [0.1, 0.15) is 29.2 Å². The number of aromatic hydroxyl groups is 1. The zero-order valence-corrected chi connectivity index (χ0v) is 9.77. The Bertz CT molecular complexity index is 307. The van der Waals surface area contributed by atoms with Crippen molar-refractivity contribution in [1.29, 1.82) is 0 Å². The summed E-state index contributed by atoms with van der Waals surface area (Å²) in [4.78, 5) is 0. The molecule has 0 bridgehead atoms. The molecule has 86 valence electrons. The van der Waals surface area contributed by atoms with Gasteiger partial charge in [0, 0.05) is 6.04 Å². The molecule has 2 nitrogen and oxygen atoms in total. The molecule has 1 rings (SSSR count). The predicted molar refractivity (Wildman–Crippen MR) is 62.3 cm³/mol. The van der Waals surface area contributed by atoms with Crippen molar-refractivity contribution in [1.82, 2.24) is 0 Å². The van der Waals surface area contributed by atoms with Crippen LogP contribution in [0.15, 0.2) is 12.1 Å². The molecule has 0 radical (unpaired) electrons. The molecule has 4 heteroatoms. The number of nitrogens with two attached hydrogens (primary N) is 1. The molecule has 0 spiro atoms. The van der Waals surface area contributed by atoms with E-state index in [1.165, 1.54) is 0 Å². The molecule has 0 aliphatic carbocycles. The van der Waals surface area contributed by atoms with Crippen molar-refractivity contribution < 1.29 is 9.50 Å². The monoisotopic (exact) mass is 233 g/mol. The Kier molecular flexibility index (Phi) is 5.61. The van der Waals surface area contributed by atoms with Crippen molar-refractivity contribution in [3.63, 3.8) is 0 Å². The van der Waals surface area contributed by atoms with Crippen LogP contribution in [0, 0.1) is 13.8 Å². The van der Waals surface area contributed by atoms with E-state index in [1.54, 1.807) is 12.1 Å². The highest BCUT2D eigenvalue weighted by Gasteiger charge is 2.12. The van der Waals surface area contributed by atoms with Crippen LogP contribution in [-0.2, 0) is 0 Å². The van der Waals surface area contributed by atoms with E-state index in [9.17, 15) is 9.50 Å². The van der Waals surface area contributed by atoms with E-state index in [-0.39, 0.29) is 24.2 Å². The van der Waals surface area contributed by atoms with Crippen LogP contribution in [0.3, 0.4) is 0 Å². The summed E-state index contributed by atoms with van der Waals surface area (Å²) in [5.74, 6) is 0.233. The van der Waals surface area contributed by atoms with Crippen LogP contribution in [-0.4, -0.2) is 11.8 Å². The first-order chi connectivity index (χ1) is 6.56. The molecular formula is C11H17ClFNO. The summed E-state index contributed by atoms with van der Waals surface area (Å²) in [6.07, 6.45) is 0.326. The second kappa shape index (κ2) is 5.93. The Morgan fingerprint density at radius 1 is 1.33 bits per heavy atom. The molecule has 0 amide bonds. The van der Waals surface area contributed by atoms with Gasteiger partial charge in [0.1, 0.15) is 5.75 Å². The van der Waals surface area contributed by atoms with Gasteiger partial charge in [0.2, 0.25) is 0 Å². The predicted octanol–water partition coefficient (Wildman–Crippen LogP) is 2.79. The molecule has 3 N–H and O–H groups in total. The maximum atomic E-state index is 12.1. The molecule has 0 unspecified atom stereocenters. The Labute approximate surface area is 95.7 Å². The molecule has 0 aliphatic heterocycles. The van der Waals surface area contributed by atoms with Crippen molar-refractivity contribution in [3.05, 3.63) is 28.8 Å². The summed E-state index contributed by atoms with van der Waals surface area (Å²) in [5, 5.41) is 9.32. The molecule has 0 aromatic heterocycles. The van der Waals surface area contributed by atoms with Crippen molar-refractivity contribution in [2.45, 2.75) is 26.3 Å². The lowest BCUT2D eigenvalue weighted by Crippen LogP contribution is -2.14. The number of benzene rings is 1. The lowest BCUT2D eigenvalue weighted by atomic mass is 9.95. The summed E-state index contributed by atoms with van der Waals surface area (Å²) in [7, 11) is 0. The summed E-state index contributed by atoms with van der Waals surface area (Å²) in [6, 6.07) is 3.03. The Morgan fingerprint density at radius 3 is 2.20 bits per heavy atom. The third-order valence-corrected chi connectivity index (χ3v) is 2.37. The van der Waals surface area contributed by atoms with E-state index >= 15 is 0 Å². The molecule has 1 aromatic rings. The first kappa shape index (κ1) is 14.2. The van der Waals surface area contributed by atoms with E-state index < -0.39 is 6.67 Å². The molecule has 0 fully saturated rings. The van der Waals surface area contributed by atoms with Gasteiger partial charge in [0.25, 0.3) is 0 Å². The number of hydrogen-bond donors (Lipinski definition) is 2. The molecule has 0 aliphatic rings. The number of rotatable bonds is 3. The Morgan fingerprint density at radius 2 is 1.80 bits per heavy atom. The molecule has 1 atom stereocenters. The van der Waals surface area contributed by atoms with Crippen LogP contribution >= 0.6 is 12.4 Å². The number of halogens is 2. The van der Waals surface area contributed by atoms with Gasteiger partial charge in [-0.1, -0.05) is 0 Å². The molecule has 15 heavy (non-hydrogen) atoms. The number of aryl methyl sites for hydroxylation is 2. The number of phenolic OH excluding ortho intramolecular Hbond substituents is 1. The van der Waals surface area contributed by atoms with Crippen molar-refractivity contribution in [2.24, 2.45) is 5.73 Å². The van der Waals surface area contributed by atoms with Crippen LogP contribution in [0.2, 0.25) is 0 Å². The fourth-order valence-electron chi connectivity index (χ4n) is 1.80. The summed E-state index contributed by atoms with van der Waals surface area (Å²) in [6.45, 7) is 3.33. The fraction of sp³-hybridized carbons (Fsp3) is 0.455. The minimum Gasteiger partial charge on any atom is -0.508 e. The smallest absolute Gasteiger partial charge is 0.116 e. The van der Waals surface area contributed by atoms with Gasteiger partial charge in [-0.15, -0.1) is 12.4 Å². The van der Waals surface area contributed by atoms with Crippen molar-refractivity contribution in [2.75, 3.05) is 6.67 Å². The molecule has 0 saturated carbocycles. The quantitative estimate of drug-likeness (QED) is 0.844. The SMILES string of the molecule is Cc1cc(O)cc(C)c1[C@H](N)CCF.Cl. The highest BCUT2D eigenvalue weighted by Crippen LogP contribution is 2.26. The average molecular weight is 234 g/mol. The number of hydrogen-bond acceptors (Lipinski definition) is 2. The van der Waals surface area contributed by atoms with E-state index in [1.807, 2.05) is 13.8 Å². The van der Waals surface area contributed by atoms with Crippen LogP contribution < -0.4 is 5.73 Å². The highest BCUT2D eigenvalue weighted by atomic mass is 35.5. The zero-order chi connectivity index (χ0) is 10.7. The number of alkyl halides is 1. The van der Waals surface area contributed by atoms with Crippen LogP contribution in [0.5, 0.6) is 5.75 Å². The Balaban J connectivity index is 0.00000196. The maximum absolute atomic E-state index is 12.1. The second-order valence-corrected chi connectivity index (χ2v) is 3.58. The first-order valence-corrected chi connectivity index (χ1v) is 4.68. The zero-order valence-electron chi connectivity index (χ0n) is 8.96. The van der Waals surface area contributed by atoms with Crippen molar-refractivity contribution >= 4 is 12.4 Å². The van der Waals surface area contributed by atoms with Gasteiger partial charge < -0.3 is 10.8 Å². The lowest BCUT2D eigenvalue weighted by molar-refractivity contribution is 0.440. The van der Waals surface area contributed by atoms with E-state index in [0.717, 1.165) is 16.7 Å². The third-order valence-electron chi connectivity index (χ3n) is 2.37. The standard InChI is InChI=1S/C11H16FNO.ClH/c1-7-5-9(14)6-8(2)11(7)10(13)3-4-12;/h5-6,10,14H,3-4,13H2,1-2H3;1H/t10-;/m1./s1.